The Morgan fingerprint density at radius 3 is 2.78 bits per heavy atom. The SMILES string of the molecule is FCc1cncc(Br)c1. The molecular weight excluding hydrogens is 185 g/mol. The van der Waals surface area contributed by atoms with E-state index in [1.807, 2.05) is 0 Å². The highest BCUT2D eigenvalue weighted by molar-refractivity contribution is 9.10. The van der Waals surface area contributed by atoms with Crippen molar-refractivity contribution in [2.75, 3.05) is 0 Å². The summed E-state index contributed by atoms with van der Waals surface area (Å²) in [4.78, 5) is 3.77. The van der Waals surface area contributed by atoms with E-state index in [0.717, 1.165) is 4.47 Å². The fourth-order valence-electron chi connectivity index (χ4n) is 0.529. The maximum Gasteiger partial charge on any atom is 0.116 e. The molecule has 0 spiro atoms. The highest BCUT2D eigenvalue weighted by Gasteiger charge is 1.90. The predicted octanol–water partition coefficient (Wildman–Crippen LogP) is 2.31. The van der Waals surface area contributed by atoms with Gasteiger partial charge < -0.3 is 0 Å². The number of nitrogens with zero attached hydrogens (tertiary/aromatic N) is 1. The summed E-state index contributed by atoms with van der Waals surface area (Å²) in [5.41, 5.74) is 0.601. The molecule has 0 aromatic carbocycles. The lowest BCUT2D eigenvalue weighted by Gasteiger charge is -1.91. The molecular formula is C6H5BrFN. The molecule has 48 valence electrons. The zero-order valence-corrected chi connectivity index (χ0v) is 6.23. The van der Waals surface area contributed by atoms with E-state index >= 15 is 0 Å². The highest BCUT2D eigenvalue weighted by atomic mass is 79.9. The Morgan fingerprint density at radius 1 is 1.56 bits per heavy atom. The summed E-state index contributed by atoms with van der Waals surface area (Å²) < 4.78 is 12.7. The summed E-state index contributed by atoms with van der Waals surface area (Å²) in [7, 11) is 0. The number of hydrogen-bond donors (Lipinski definition) is 0. The molecule has 0 amide bonds. The Labute approximate surface area is 61.0 Å². The van der Waals surface area contributed by atoms with Crippen LogP contribution < -0.4 is 0 Å². The monoisotopic (exact) mass is 189 g/mol. The topological polar surface area (TPSA) is 12.9 Å². The van der Waals surface area contributed by atoms with Crippen molar-refractivity contribution in [1.29, 1.82) is 0 Å². The lowest BCUT2D eigenvalue weighted by molar-refractivity contribution is 0.484. The Balaban J connectivity index is 2.94. The summed E-state index contributed by atoms with van der Waals surface area (Å²) in [5.74, 6) is 0. The van der Waals surface area contributed by atoms with Gasteiger partial charge in [-0.15, -0.1) is 0 Å². The molecule has 1 nitrogen and oxygen atoms in total. The van der Waals surface area contributed by atoms with Crippen molar-refractivity contribution in [3.63, 3.8) is 0 Å². The second-order valence-electron chi connectivity index (χ2n) is 1.65. The van der Waals surface area contributed by atoms with Crippen LogP contribution in [0.2, 0.25) is 0 Å². The number of hydrogen-bond acceptors (Lipinski definition) is 1. The van der Waals surface area contributed by atoms with Gasteiger partial charge in [0.15, 0.2) is 0 Å². The highest BCUT2D eigenvalue weighted by Crippen LogP contribution is 2.09. The first kappa shape index (κ1) is 6.68. The van der Waals surface area contributed by atoms with E-state index in [-0.39, 0.29) is 0 Å². The average Bonchev–Trinajstić information content (AvgIpc) is 1.88. The van der Waals surface area contributed by atoms with Crippen LogP contribution in [-0.4, -0.2) is 4.98 Å². The Morgan fingerprint density at radius 2 is 2.33 bits per heavy atom. The van der Waals surface area contributed by atoms with Gasteiger partial charge in [-0.1, -0.05) is 0 Å². The Bertz CT molecular complexity index is 202. The Hall–Kier alpha value is -0.440. The van der Waals surface area contributed by atoms with E-state index in [4.69, 9.17) is 0 Å². The molecule has 1 rings (SSSR count). The third-order valence-corrected chi connectivity index (χ3v) is 1.35. The fourth-order valence-corrected chi connectivity index (χ4v) is 0.941. The van der Waals surface area contributed by atoms with Crippen LogP contribution in [0.5, 0.6) is 0 Å². The summed E-state index contributed by atoms with van der Waals surface area (Å²) in [6, 6.07) is 1.70. The van der Waals surface area contributed by atoms with E-state index in [2.05, 4.69) is 20.9 Å². The molecule has 3 heteroatoms. The van der Waals surface area contributed by atoms with Crippen LogP contribution in [0.15, 0.2) is 22.9 Å². The van der Waals surface area contributed by atoms with Gasteiger partial charge in [-0.05, 0) is 22.0 Å². The first-order valence-corrected chi connectivity index (χ1v) is 3.27. The Kier molecular flexibility index (Phi) is 2.16. The van der Waals surface area contributed by atoms with E-state index in [0.29, 0.717) is 5.56 Å². The van der Waals surface area contributed by atoms with Gasteiger partial charge in [-0.2, -0.15) is 0 Å². The standard InChI is InChI=1S/C6H5BrFN/c7-6-1-5(2-8)3-9-4-6/h1,3-4H,2H2. The first-order chi connectivity index (χ1) is 4.33. The molecule has 0 aliphatic rings. The smallest absolute Gasteiger partial charge is 0.116 e. The van der Waals surface area contributed by atoms with Crippen molar-refractivity contribution in [3.8, 4) is 0 Å². The fraction of sp³-hybridized carbons (Fsp3) is 0.167. The lowest BCUT2D eigenvalue weighted by Crippen LogP contribution is -1.79. The third kappa shape index (κ3) is 1.75. The molecule has 0 radical (unpaired) electrons. The van der Waals surface area contributed by atoms with Crippen molar-refractivity contribution in [2.24, 2.45) is 0 Å². The molecule has 0 aliphatic heterocycles. The van der Waals surface area contributed by atoms with E-state index in [9.17, 15) is 4.39 Å². The van der Waals surface area contributed by atoms with Crippen LogP contribution in [-0.2, 0) is 6.67 Å². The van der Waals surface area contributed by atoms with Gasteiger partial charge in [-0.25, -0.2) is 4.39 Å². The van der Waals surface area contributed by atoms with Gasteiger partial charge in [0.2, 0.25) is 0 Å². The number of aromatic nitrogens is 1. The first-order valence-electron chi connectivity index (χ1n) is 2.48. The zero-order valence-electron chi connectivity index (χ0n) is 4.64. The number of rotatable bonds is 1. The number of halogens is 2. The second kappa shape index (κ2) is 2.92. The van der Waals surface area contributed by atoms with Crippen LogP contribution in [0.1, 0.15) is 5.56 Å². The lowest BCUT2D eigenvalue weighted by atomic mass is 10.3. The van der Waals surface area contributed by atoms with Gasteiger partial charge in [0.05, 0.1) is 0 Å². The van der Waals surface area contributed by atoms with Gasteiger partial charge in [0.25, 0.3) is 0 Å². The zero-order chi connectivity index (χ0) is 6.69. The molecule has 0 bridgehead atoms. The van der Waals surface area contributed by atoms with Crippen molar-refractivity contribution >= 4 is 15.9 Å². The molecule has 0 N–H and O–H groups in total. The van der Waals surface area contributed by atoms with Crippen LogP contribution in [0.25, 0.3) is 0 Å². The van der Waals surface area contributed by atoms with E-state index in [1.165, 1.54) is 6.20 Å². The van der Waals surface area contributed by atoms with Crippen LogP contribution in [0.4, 0.5) is 4.39 Å². The maximum atomic E-state index is 11.8. The molecule has 0 aliphatic carbocycles. The third-order valence-electron chi connectivity index (χ3n) is 0.916. The summed E-state index contributed by atoms with van der Waals surface area (Å²) >= 11 is 3.17. The predicted molar refractivity (Wildman–Crippen MR) is 36.7 cm³/mol. The van der Waals surface area contributed by atoms with E-state index in [1.54, 1.807) is 12.3 Å². The minimum atomic E-state index is -0.452. The molecule has 0 atom stereocenters. The van der Waals surface area contributed by atoms with Crippen molar-refractivity contribution in [3.05, 3.63) is 28.5 Å². The molecule has 0 fully saturated rings. The largest absolute Gasteiger partial charge is 0.263 e. The van der Waals surface area contributed by atoms with Crippen molar-refractivity contribution in [2.45, 2.75) is 6.67 Å². The summed E-state index contributed by atoms with van der Waals surface area (Å²) in [6.07, 6.45) is 3.13. The average molecular weight is 190 g/mol. The van der Waals surface area contributed by atoms with E-state index < -0.39 is 6.67 Å². The summed E-state index contributed by atoms with van der Waals surface area (Å²) in [5, 5.41) is 0. The van der Waals surface area contributed by atoms with Gasteiger partial charge in [0.1, 0.15) is 6.67 Å². The van der Waals surface area contributed by atoms with Crippen LogP contribution >= 0.6 is 15.9 Å². The molecule has 9 heavy (non-hydrogen) atoms. The van der Waals surface area contributed by atoms with Gasteiger partial charge in [-0.3, -0.25) is 4.98 Å². The minimum Gasteiger partial charge on any atom is -0.263 e. The van der Waals surface area contributed by atoms with Crippen LogP contribution in [0, 0.1) is 0 Å². The molecule has 0 unspecified atom stereocenters. The second-order valence-corrected chi connectivity index (χ2v) is 2.56. The molecule has 0 saturated heterocycles. The number of alkyl halides is 1. The van der Waals surface area contributed by atoms with Crippen LogP contribution in [0.3, 0.4) is 0 Å². The molecule has 1 aromatic rings. The molecule has 1 aromatic heterocycles. The van der Waals surface area contributed by atoms with Gasteiger partial charge in [0, 0.05) is 22.4 Å². The van der Waals surface area contributed by atoms with Crippen molar-refractivity contribution < 1.29 is 4.39 Å². The minimum absolute atomic E-state index is 0.452. The maximum absolute atomic E-state index is 11.8. The normalized spacial score (nSPS) is 9.56. The number of pyridine rings is 1. The van der Waals surface area contributed by atoms with Gasteiger partial charge >= 0.3 is 0 Å². The van der Waals surface area contributed by atoms with Crippen molar-refractivity contribution in [1.82, 2.24) is 4.98 Å². The molecule has 0 saturated carbocycles. The quantitative estimate of drug-likeness (QED) is 0.662. The summed E-state index contributed by atoms with van der Waals surface area (Å²) in [6.45, 7) is -0.452. The molecule has 1 heterocycles.